The van der Waals surface area contributed by atoms with Gasteiger partial charge in [-0.15, -0.1) is 0 Å². The van der Waals surface area contributed by atoms with Gasteiger partial charge in [0.05, 0.1) is 0 Å². The molecule has 0 saturated heterocycles. The number of para-hydroxylation sites is 1. The Morgan fingerprint density at radius 2 is 1.32 bits per heavy atom. The molecule has 1 nitrogen and oxygen atoms in total. The Morgan fingerprint density at radius 1 is 0.643 bits per heavy atom. The van der Waals surface area contributed by atoms with Crippen LogP contribution in [0, 0.1) is 0 Å². The minimum atomic E-state index is -0.217. The number of benzene rings is 6. The van der Waals surface area contributed by atoms with Crippen LogP contribution in [0.1, 0.15) is 48.9 Å². The molecule has 0 saturated carbocycles. The molecule has 0 spiro atoms. The van der Waals surface area contributed by atoms with E-state index in [1.165, 1.54) is 22.3 Å². The first-order valence-electron chi connectivity index (χ1n) is 19.5. The summed E-state index contributed by atoms with van der Waals surface area (Å²) in [5.74, 6) is 0. The monoisotopic (exact) mass is 720 g/mol. The maximum Gasteiger partial charge on any atom is 0.136 e. The Kier molecular flexibility index (Phi) is 8.87. The summed E-state index contributed by atoms with van der Waals surface area (Å²) in [6.45, 7) is 18.7. The van der Waals surface area contributed by atoms with Crippen LogP contribution >= 0.6 is 0 Å². The van der Waals surface area contributed by atoms with Crippen LogP contribution in [0.15, 0.2) is 181 Å². The first-order valence-corrected chi connectivity index (χ1v) is 19.5. The summed E-state index contributed by atoms with van der Waals surface area (Å²) in [5, 5.41) is 6.44. The lowest BCUT2D eigenvalue weighted by Gasteiger charge is -2.27. The molecule has 0 unspecified atom stereocenters. The second kappa shape index (κ2) is 14.2. The number of hydrogen-bond donors (Lipinski definition) is 0. The predicted molar refractivity (Wildman–Crippen MR) is 240 cm³/mol. The standard InChI is InChI=1S/C55H44O/c1-36-31-41(39-19-9-8-10-20-39)30-29-40(36)32-37(2)43-22-11-6-7-12-23-44(46-25-15-14-24-45(43)46)38(3)48-34-50-47-26-16-18-28-53(47)56-54(50)35-49(48)52-33-42-21-13-17-27-51(42)55(52,4)5/h8-35H,1-3,6-7H2,4-5H3/b22-11?,23-12+,40-32-,45-43?,46-44+. The zero-order valence-corrected chi connectivity index (χ0v) is 32.1. The molecule has 0 amide bonds. The van der Waals surface area contributed by atoms with Crippen LogP contribution in [0.2, 0.25) is 0 Å². The van der Waals surface area contributed by atoms with Crippen molar-refractivity contribution in [3.8, 4) is 11.1 Å². The van der Waals surface area contributed by atoms with Crippen LogP contribution in [0.3, 0.4) is 0 Å². The maximum atomic E-state index is 6.52. The normalized spacial score (nSPS) is 16.7. The molecule has 1 aromatic heterocycles. The molecule has 6 aromatic carbocycles. The molecule has 0 aliphatic heterocycles. The summed E-state index contributed by atoms with van der Waals surface area (Å²) in [6.07, 6.45) is 15.4. The molecule has 2 aliphatic rings. The molecule has 7 aromatic rings. The fraction of sp³-hybridized carbons (Fsp3) is 0.0909. The fourth-order valence-corrected chi connectivity index (χ4v) is 8.57. The van der Waals surface area contributed by atoms with Gasteiger partial charge in [0.1, 0.15) is 11.2 Å². The minimum Gasteiger partial charge on any atom is -0.456 e. The van der Waals surface area contributed by atoms with E-state index in [4.69, 9.17) is 11.0 Å². The molecular weight excluding hydrogens is 677 g/mol. The Labute approximate surface area is 329 Å². The van der Waals surface area contributed by atoms with E-state index in [9.17, 15) is 0 Å². The van der Waals surface area contributed by atoms with Gasteiger partial charge in [-0.1, -0.05) is 167 Å². The maximum absolute atomic E-state index is 6.52. The van der Waals surface area contributed by atoms with Crippen LogP contribution in [-0.4, -0.2) is 0 Å². The molecule has 1 heteroatoms. The highest BCUT2D eigenvalue weighted by Gasteiger charge is 2.35. The second-order valence-corrected chi connectivity index (χ2v) is 15.4. The van der Waals surface area contributed by atoms with Crippen molar-refractivity contribution >= 4 is 63.0 Å². The fourth-order valence-electron chi connectivity index (χ4n) is 8.57. The van der Waals surface area contributed by atoms with Crippen molar-refractivity contribution in [1.29, 1.82) is 0 Å². The van der Waals surface area contributed by atoms with Gasteiger partial charge in [0.15, 0.2) is 0 Å². The zero-order chi connectivity index (χ0) is 38.4. The first-order chi connectivity index (χ1) is 27.3. The lowest BCUT2D eigenvalue weighted by Crippen LogP contribution is -2.30. The van der Waals surface area contributed by atoms with Crippen LogP contribution in [0.4, 0.5) is 0 Å². The summed E-state index contributed by atoms with van der Waals surface area (Å²) in [7, 11) is 0. The van der Waals surface area contributed by atoms with Crippen LogP contribution < -0.4 is 20.9 Å². The van der Waals surface area contributed by atoms with Gasteiger partial charge < -0.3 is 4.42 Å². The van der Waals surface area contributed by atoms with Gasteiger partial charge in [-0.2, -0.15) is 0 Å². The van der Waals surface area contributed by atoms with E-state index in [-0.39, 0.29) is 5.41 Å². The number of rotatable bonds is 6. The van der Waals surface area contributed by atoms with E-state index in [0.717, 1.165) is 94.6 Å². The van der Waals surface area contributed by atoms with Crippen LogP contribution in [0.5, 0.6) is 0 Å². The average molecular weight is 721 g/mol. The number of furan rings is 1. The SMILES string of the molecule is C=C(/C=c1/ccc(-c2ccccc2)cc1=C)C1=c2cccc/c2=C(C(=C)c2cc3c(cc2C2=Cc4ccccc4C2(C)C)oc2ccccc23)/C=C/CCC=C1. The molecule has 0 bridgehead atoms. The van der Waals surface area contributed by atoms with Crippen LogP contribution in [0.25, 0.3) is 74.1 Å². The molecule has 2 aliphatic carbocycles. The van der Waals surface area contributed by atoms with Gasteiger partial charge in [-0.05, 0) is 131 Å². The van der Waals surface area contributed by atoms with E-state index in [1.807, 2.05) is 12.1 Å². The van der Waals surface area contributed by atoms with Gasteiger partial charge in [-0.3, -0.25) is 0 Å². The van der Waals surface area contributed by atoms with Gasteiger partial charge in [-0.25, -0.2) is 0 Å². The van der Waals surface area contributed by atoms with Crippen molar-refractivity contribution in [3.05, 3.63) is 220 Å². The highest BCUT2D eigenvalue weighted by atomic mass is 16.3. The summed E-state index contributed by atoms with van der Waals surface area (Å²) < 4.78 is 6.52. The lowest BCUT2D eigenvalue weighted by atomic mass is 9.76. The predicted octanol–water partition coefficient (Wildman–Crippen LogP) is 11.5. The van der Waals surface area contributed by atoms with Crippen molar-refractivity contribution in [2.45, 2.75) is 32.1 Å². The first kappa shape index (κ1) is 35.0. The van der Waals surface area contributed by atoms with E-state index in [1.54, 1.807) is 0 Å². The van der Waals surface area contributed by atoms with E-state index >= 15 is 0 Å². The van der Waals surface area contributed by atoms with Gasteiger partial charge in [0, 0.05) is 16.2 Å². The molecule has 270 valence electrons. The topological polar surface area (TPSA) is 13.1 Å². The van der Waals surface area contributed by atoms with Crippen LogP contribution in [-0.2, 0) is 5.41 Å². The van der Waals surface area contributed by atoms with E-state index < -0.39 is 0 Å². The van der Waals surface area contributed by atoms with Crippen molar-refractivity contribution in [2.24, 2.45) is 0 Å². The van der Waals surface area contributed by atoms with Crippen molar-refractivity contribution in [3.63, 3.8) is 0 Å². The smallest absolute Gasteiger partial charge is 0.136 e. The van der Waals surface area contributed by atoms with Gasteiger partial charge in [0.25, 0.3) is 0 Å². The minimum absolute atomic E-state index is 0.217. The third kappa shape index (κ3) is 6.16. The zero-order valence-electron chi connectivity index (χ0n) is 32.1. The Hall–Kier alpha value is -6.70. The number of hydrogen-bond acceptors (Lipinski definition) is 1. The highest BCUT2D eigenvalue weighted by Crippen LogP contribution is 2.49. The summed E-state index contributed by atoms with van der Waals surface area (Å²) in [6, 6.07) is 47.2. The third-order valence-corrected chi connectivity index (χ3v) is 11.6. The number of allylic oxidation sites excluding steroid dienone is 7. The molecule has 0 atom stereocenters. The summed E-state index contributed by atoms with van der Waals surface area (Å²) in [4.78, 5) is 0. The quantitative estimate of drug-likeness (QED) is 0.167. The van der Waals surface area contributed by atoms with Gasteiger partial charge in [0.2, 0.25) is 0 Å². The average Bonchev–Trinajstić information content (AvgIpc) is 3.72. The highest BCUT2D eigenvalue weighted by molar-refractivity contribution is 6.12. The summed E-state index contributed by atoms with van der Waals surface area (Å²) in [5.41, 5.74) is 14.0. The van der Waals surface area contributed by atoms with E-state index in [0.29, 0.717) is 0 Å². The van der Waals surface area contributed by atoms with E-state index in [2.05, 4.69) is 185 Å². The molecular formula is C55H44O. The van der Waals surface area contributed by atoms with Crippen molar-refractivity contribution < 1.29 is 4.42 Å². The third-order valence-electron chi connectivity index (χ3n) is 11.6. The summed E-state index contributed by atoms with van der Waals surface area (Å²) >= 11 is 0. The molecule has 1 heterocycles. The van der Waals surface area contributed by atoms with Crippen molar-refractivity contribution in [2.75, 3.05) is 0 Å². The molecule has 9 rings (SSSR count). The van der Waals surface area contributed by atoms with Crippen molar-refractivity contribution in [1.82, 2.24) is 0 Å². The molecule has 0 fully saturated rings. The Balaban J connectivity index is 1.26. The molecule has 0 N–H and O–H groups in total. The molecule has 56 heavy (non-hydrogen) atoms. The second-order valence-electron chi connectivity index (χ2n) is 15.4. The Morgan fingerprint density at radius 3 is 2.09 bits per heavy atom. The molecule has 0 radical (unpaired) electrons. The Bertz CT molecular complexity index is 3090. The number of fused-ring (bicyclic) bond motifs is 5. The van der Waals surface area contributed by atoms with Gasteiger partial charge >= 0.3 is 0 Å². The lowest BCUT2D eigenvalue weighted by molar-refractivity contribution is 0.668. The largest absolute Gasteiger partial charge is 0.456 e.